The van der Waals surface area contributed by atoms with Gasteiger partial charge in [-0.1, -0.05) is 48.0 Å². The molecule has 0 radical (unpaired) electrons. The summed E-state index contributed by atoms with van der Waals surface area (Å²) >= 11 is 6.40. The summed E-state index contributed by atoms with van der Waals surface area (Å²) < 4.78 is 10.5. The van der Waals surface area contributed by atoms with E-state index in [0.29, 0.717) is 39.2 Å². The maximum atomic E-state index is 13.4. The summed E-state index contributed by atoms with van der Waals surface area (Å²) in [6.45, 7) is -0.574. The van der Waals surface area contributed by atoms with Crippen LogP contribution in [0.2, 0.25) is 5.02 Å². The van der Waals surface area contributed by atoms with Gasteiger partial charge in [-0.3, -0.25) is 20.4 Å². The lowest BCUT2D eigenvalue weighted by Crippen LogP contribution is -2.43. The molecule has 0 spiro atoms. The van der Waals surface area contributed by atoms with Crippen molar-refractivity contribution in [3.8, 4) is 5.75 Å². The minimum atomic E-state index is -0.679. The number of hydrogen-bond donors (Lipinski definition) is 2. The zero-order chi connectivity index (χ0) is 28.1. The lowest BCUT2D eigenvalue weighted by Gasteiger charge is -2.22. The second-order valence-electron chi connectivity index (χ2n) is 9.18. The van der Waals surface area contributed by atoms with Crippen molar-refractivity contribution in [2.24, 2.45) is 0 Å². The number of amides is 2. The van der Waals surface area contributed by atoms with Crippen LogP contribution in [0.1, 0.15) is 50.4 Å². The molecule has 1 aliphatic carbocycles. The zero-order valence-electron chi connectivity index (χ0n) is 21.7. The molecule has 202 valence electrons. The normalized spacial score (nSPS) is 13.4. The number of rotatable bonds is 6. The van der Waals surface area contributed by atoms with Gasteiger partial charge in [-0.2, -0.15) is 0 Å². The van der Waals surface area contributed by atoms with Gasteiger partial charge in [-0.15, -0.1) is 0 Å². The fourth-order valence-electron chi connectivity index (χ4n) is 4.67. The van der Waals surface area contributed by atoms with Gasteiger partial charge in [0.25, 0.3) is 11.8 Å². The summed E-state index contributed by atoms with van der Waals surface area (Å²) in [4.78, 5) is 43.0. The number of fused-ring (bicyclic) bond motifs is 2. The number of hydrazine groups is 1. The number of benzene rings is 3. The molecule has 5 rings (SSSR count). The molecule has 2 amide bonds. The number of pyridine rings is 1. The largest absolute Gasteiger partial charge is 0.497 e. The Morgan fingerprint density at radius 3 is 2.48 bits per heavy atom. The Morgan fingerprint density at radius 1 is 0.950 bits per heavy atom. The molecule has 40 heavy (non-hydrogen) atoms. The van der Waals surface area contributed by atoms with Crippen LogP contribution in [-0.2, 0) is 16.0 Å². The number of carbonyl (C=O) groups excluding carboxylic acids is 3. The van der Waals surface area contributed by atoms with E-state index in [1.165, 1.54) is 7.11 Å². The van der Waals surface area contributed by atoms with E-state index >= 15 is 0 Å². The highest BCUT2D eigenvalue weighted by Crippen LogP contribution is 2.37. The number of nitrogens with one attached hydrogen (secondary N) is 2. The van der Waals surface area contributed by atoms with Crippen molar-refractivity contribution in [1.29, 1.82) is 0 Å². The molecule has 0 fully saturated rings. The topological polar surface area (TPSA) is 107 Å². The third-order valence-corrected chi connectivity index (χ3v) is 6.96. The number of nitrogens with zero attached hydrogens (tertiary/aromatic N) is 1. The number of carbonyl (C=O) groups is 3. The van der Waals surface area contributed by atoms with Crippen LogP contribution < -0.4 is 15.6 Å². The van der Waals surface area contributed by atoms with Crippen LogP contribution in [-0.4, -0.2) is 36.5 Å². The first-order chi connectivity index (χ1) is 19.4. The molecule has 0 saturated heterocycles. The maximum Gasteiger partial charge on any atom is 0.339 e. The molecule has 0 aliphatic heterocycles. The van der Waals surface area contributed by atoms with Crippen molar-refractivity contribution in [3.63, 3.8) is 0 Å². The molecule has 4 aromatic rings. The zero-order valence-corrected chi connectivity index (χ0v) is 22.5. The second kappa shape index (κ2) is 12.0. The molecule has 1 heterocycles. The average Bonchev–Trinajstić information content (AvgIpc) is 2.98. The predicted molar refractivity (Wildman–Crippen MR) is 153 cm³/mol. The third-order valence-electron chi connectivity index (χ3n) is 6.61. The summed E-state index contributed by atoms with van der Waals surface area (Å²) in [6, 6.07) is 21.3. The summed E-state index contributed by atoms with van der Waals surface area (Å²) in [5, 5.41) is 1.28. The average molecular weight is 556 g/mol. The van der Waals surface area contributed by atoms with Gasteiger partial charge in [-0.05, 0) is 78.4 Å². The van der Waals surface area contributed by atoms with Crippen LogP contribution in [0.25, 0.3) is 22.6 Å². The van der Waals surface area contributed by atoms with Crippen molar-refractivity contribution < 1.29 is 23.9 Å². The van der Waals surface area contributed by atoms with E-state index in [9.17, 15) is 14.4 Å². The van der Waals surface area contributed by atoms with Gasteiger partial charge >= 0.3 is 5.97 Å². The third kappa shape index (κ3) is 5.82. The summed E-state index contributed by atoms with van der Waals surface area (Å²) in [6.07, 6.45) is 4.26. The highest BCUT2D eigenvalue weighted by atomic mass is 35.5. The highest BCUT2D eigenvalue weighted by molar-refractivity contribution is 6.32. The molecule has 8 nitrogen and oxygen atoms in total. The first-order valence-electron chi connectivity index (χ1n) is 12.7. The molecule has 0 unspecified atom stereocenters. The van der Waals surface area contributed by atoms with Crippen LogP contribution >= 0.6 is 11.6 Å². The summed E-state index contributed by atoms with van der Waals surface area (Å²) in [7, 11) is 1.53. The number of halogens is 1. The molecule has 0 bridgehead atoms. The van der Waals surface area contributed by atoms with Gasteiger partial charge in [0.15, 0.2) is 6.61 Å². The Kier molecular flexibility index (Phi) is 8.07. The minimum absolute atomic E-state index is 0.327. The van der Waals surface area contributed by atoms with Gasteiger partial charge in [0.2, 0.25) is 0 Å². The number of para-hydroxylation sites is 1. The highest BCUT2D eigenvalue weighted by Gasteiger charge is 2.26. The molecular weight excluding hydrogens is 530 g/mol. The Labute approximate surface area is 235 Å². The Morgan fingerprint density at radius 2 is 1.70 bits per heavy atom. The molecule has 1 aromatic heterocycles. The number of hydrogen-bond acceptors (Lipinski definition) is 6. The lowest BCUT2D eigenvalue weighted by molar-refractivity contribution is -0.125. The molecule has 1 aliphatic rings. The predicted octanol–water partition coefficient (Wildman–Crippen LogP) is 5.39. The Balaban J connectivity index is 1.34. The smallest absolute Gasteiger partial charge is 0.339 e. The number of aromatic nitrogens is 1. The first kappa shape index (κ1) is 26.9. The number of ether oxygens (including phenoxy) is 2. The van der Waals surface area contributed by atoms with Crippen LogP contribution in [0.15, 0.2) is 72.8 Å². The van der Waals surface area contributed by atoms with Crippen LogP contribution in [0.5, 0.6) is 5.75 Å². The minimum Gasteiger partial charge on any atom is -0.497 e. The van der Waals surface area contributed by atoms with E-state index in [1.54, 1.807) is 24.3 Å². The first-order valence-corrected chi connectivity index (χ1v) is 13.1. The molecule has 3 aromatic carbocycles. The van der Waals surface area contributed by atoms with Gasteiger partial charge < -0.3 is 9.47 Å². The van der Waals surface area contributed by atoms with Gasteiger partial charge in [0.1, 0.15) is 5.75 Å². The fraction of sp³-hybridized carbons (Fsp3) is 0.161. The molecule has 0 atom stereocenters. The van der Waals surface area contributed by atoms with Crippen molar-refractivity contribution in [3.05, 3.63) is 106 Å². The molecule has 9 heteroatoms. The Bertz CT molecular complexity index is 1630. The SMILES string of the molecule is COc1ccc(C(=O)NNC(=O)COC(=O)c2c3c(nc4ccccc24)/C(=C/c2ccccc2Cl)CCC3)cc1. The van der Waals surface area contributed by atoms with E-state index in [2.05, 4.69) is 10.9 Å². The summed E-state index contributed by atoms with van der Waals surface area (Å²) in [5.74, 6) is -1.23. The van der Waals surface area contributed by atoms with Gasteiger partial charge in [-0.25, -0.2) is 9.78 Å². The number of methoxy groups -OCH3 is 1. The Hall–Kier alpha value is -4.69. The second-order valence-corrected chi connectivity index (χ2v) is 9.59. The quantitative estimate of drug-likeness (QED) is 0.244. The maximum absolute atomic E-state index is 13.4. The van der Waals surface area contributed by atoms with E-state index in [0.717, 1.165) is 35.2 Å². The lowest BCUT2D eigenvalue weighted by atomic mass is 9.86. The van der Waals surface area contributed by atoms with Gasteiger partial charge in [0, 0.05) is 16.0 Å². The van der Waals surface area contributed by atoms with Crippen LogP contribution in [0.3, 0.4) is 0 Å². The van der Waals surface area contributed by atoms with Crippen molar-refractivity contribution in [1.82, 2.24) is 15.8 Å². The van der Waals surface area contributed by atoms with Crippen LogP contribution in [0, 0.1) is 0 Å². The van der Waals surface area contributed by atoms with E-state index in [4.69, 9.17) is 26.1 Å². The monoisotopic (exact) mass is 555 g/mol. The van der Waals surface area contributed by atoms with Crippen LogP contribution in [0.4, 0.5) is 0 Å². The number of allylic oxidation sites excluding steroid dienone is 1. The van der Waals surface area contributed by atoms with Crippen molar-refractivity contribution in [2.45, 2.75) is 19.3 Å². The molecule has 0 saturated carbocycles. The molecule has 2 N–H and O–H groups in total. The van der Waals surface area contributed by atoms with E-state index in [-0.39, 0.29) is 0 Å². The summed E-state index contributed by atoms with van der Waals surface area (Å²) in [5.41, 5.74) is 9.32. The van der Waals surface area contributed by atoms with Crippen molar-refractivity contribution >= 4 is 51.9 Å². The fourth-order valence-corrected chi connectivity index (χ4v) is 4.86. The van der Waals surface area contributed by atoms with Gasteiger partial charge in [0.05, 0.1) is 23.9 Å². The van der Waals surface area contributed by atoms with E-state index < -0.39 is 24.4 Å². The standard InChI is InChI=1S/C31H26ClN3O5/c1-39-22-15-13-19(14-16-22)30(37)35-34-27(36)18-40-31(38)28-23-9-3-5-12-26(23)33-29-21(8-6-10-24(28)29)17-20-7-2-4-11-25(20)32/h2-5,7,9,11-17H,6,8,10,18H2,1H3,(H,34,36)(H,35,37)/b21-17+. The number of esters is 1. The molecular formula is C31H26ClN3O5. The van der Waals surface area contributed by atoms with E-state index in [1.807, 2.05) is 54.6 Å². The van der Waals surface area contributed by atoms with Crippen molar-refractivity contribution in [2.75, 3.05) is 13.7 Å².